The third-order valence-electron chi connectivity index (χ3n) is 12.6. The van der Waals surface area contributed by atoms with E-state index < -0.39 is 41.2 Å². The highest BCUT2D eigenvalue weighted by atomic mass is 16.2. The Labute approximate surface area is 355 Å². The van der Waals surface area contributed by atoms with E-state index in [4.69, 9.17) is 0 Å². The Kier molecular flexibility index (Phi) is 9.43. The van der Waals surface area contributed by atoms with E-state index in [1.807, 2.05) is 99.0 Å². The predicted molar refractivity (Wildman–Crippen MR) is 237 cm³/mol. The quantitative estimate of drug-likeness (QED) is 0.0581. The number of carbonyl (C=O) groups excluding carboxylic acids is 6. The van der Waals surface area contributed by atoms with Crippen molar-refractivity contribution >= 4 is 84.4 Å². The first-order chi connectivity index (χ1) is 30.3. The van der Waals surface area contributed by atoms with Gasteiger partial charge in [0.2, 0.25) is 17.6 Å². The summed E-state index contributed by atoms with van der Waals surface area (Å²) in [6.45, 7) is 5.68. The van der Waals surface area contributed by atoms with Crippen molar-refractivity contribution in [3.05, 3.63) is 149 Å². The summed E-state index contributed by atoms with van der Waals surface area (Å²) in [6, 6.07) is 27.0. The van der Waals surface area contributed by atoms with Crippen LogP contribution in [0.1, 0.15) is 75.6 Å². The molecule has 4 aromatic carbocycles. The standard InChI is InChI=1S/C24H19N3O3.C24H17N3O3.C2H6/c2*28-22(17-12-27-10-4-6-13-5-3-8-15(17)21(13)27)20-19(23(29)26-24(20)30)16-11-25-18-9-2-1-7-14(16)18;1-2/h1-3,5,7-9,11-12,19-20,25H,4,6,10H2,(H,26,29,30);1-3,5,7-9,11-12,25H,4,6,10H2,(H,26,29,30);1-2H3/t19-,20-;;/m1../s1. The largest absolute Gasteiger partial charge is 0.361 e. The van der Waals surface area contributed by atoms with Gasteiger partial charge in [0.05, 0.1) is 22.5 Å². The van der Waals surface area contributed by atoms with Crippen LogP contribution in [0, 0.1) is 5.92 Å². The van der Waals surface area contributed by atoms with Crippen molar-refractivity contribution < 1.29 is 28.8 Å². The highest BCUT2D eigenvalue weighted by Crippen LogP contribution is 2.40. The Hall–Kier alpha value is -7.60. The van der Waals surface area contributed by atoms with E-state index in [-0.39, 0.29) is 16.9 Å². The summed E-state index contributed by atoms with van der Waals surface area (Å²) >= 11 is 0. The Bertz CT molecular complexity index is 3260. The van der Waals surface area contributed by atoms with Crippen molar-refractivity contribution in [2.75, 3.05) is 0 Å². The molecule has 0 aliphatic carbocycles. The maximum absolute atomic E-state index is 13.7. The summed E-state index contributed by atoms with van der Waals surface area (Å²) in [4.78, 5) is 84.5. The Morgan fingerprint density at radius 2 is 1.16 bits per heavy atom. The molecular formula is C50H42N6O6. The molecule has 12 heteroatoms. The molecule has 4 aromatic heterocycles. The smallest absolute Gasteiger partial charge is 0.262 e. The first kappa shape index (κ1) is 38.6. The maximum atomic E-state index is 13.7. The molecule has 2 atom stereocenters. The number of imide groups is 2. The van der Waals surface area contributed by atoms with E-state index in [0.29, 0.717) is 22.3 Å². The van der Waals surface area contributed by atoms with Gasteiger partial charge in [0.1, 0.15) is 11.5 Å². The minimum Gasteiger partial charge on any atom is -0.361 e. The third-order valence-corrected chi connectivity index (χ3v) is 12.6. The Morgan fingerprint density at radius 3 is 1.84 bits per heavy atom. The van der Waals surface area contributed by atoms with Crippen LogP contribution in [0.4, 0.5) is 0 Å². The van der Waals surface area contributed by atoms with Gasteiger partial charge >= 0.3 is 0 Å². The second-order valence-corrected chi connectivity index (χ2v) is 15.9. The zero-order chi connectivity index (χ0) is 42.8. The first-order valence-corrected chi connectivity index (χ1v) is 21.1. The van der Waals surface area contributed by atoms with Gasteiger partial charge < -0.3 is 19.1 Å². The molecule has 62 heavy (non-hydrogen) atoms. The van der Waals surface area contributed by atoms with E-state index in [0.717, 1.165) is 82.4 Å². The number of amides is 4. The molecule has 4 aliphatic rings. The van der Waals surface area contributed by atoms with Gasteiger partial charge in [-0.25, -0.2) is 0 Å². The summed E-state index contributed by atoms with van der Waals surface area (Å²) < 4.78 is 4.19. The number of hydrogen-bond donors (Lipinski definition) is 4. The van der Waals surface area contributed by atoms with Gasteiger partial charge in [-0.3, -0.25) is 39.4 Å². The fourth-order valence-corrected chi connectivity index (χ4v) is 9.92. The van der Waals surface area contributed by atoms with E-state index in [1.165, 1.54) is 11.1 Å². The molecule has 8 heterocycles. The predicted octanol–water partition coefficient (Wildman–Crippen LogP) is 7.70. The van der Waals surface area contributed by atoms with Crippen LogP contribution >= 0.6 is 0 Å². The molecule has 1 fully saturated rings. The summed E-state index contributed by atoms with van der Waals surface area (Å²) in [5.41, 5.74) is 8.53. The molecule has 0 saturated carbocycles. The first-order valence-electron chi connectivity index (χ1n) is 21.1. The molecular weight excluding hydrogens is 781 g/mol. The number of rotatable bonds is 6. The minimum absolute atomic E-state index is 0.0894. The van der Waals surface area contributed by atoms with Gasteiger partial charge in [0, 0.05) is 87.1 Å². The number of fused-ring (bicyclic) bond motifs is 2. The number of nitrogens with one attached hydrogen (secondary N) is 4. The highest BCUT2D eigenvalue weighted by Gasteiger charge is 2.48. The van der Waals surface area contributed by atoms with Crippen LogP contribution < -0.4 is 10.6 Å². The molecule has 12 nitrogen and oxygen atoms in total. The van der Waals surface area contributed by atoms with E-state index in [9.17, 15) is 28.8 Å². The lowest BCUT2D eigenvalue weighted by Gasteiger charge is -2.14. The van der Waals surface area contributed by atoms with Crippen LogP contribution in [0.5, 0.6) is 0 Å². The lowest BCUT2D eigenvalue weighted by molar-refractivity contribution is -0.126. The van der Waals surface area contributed by atoms with Crippen LogP contribution in [0.25, 0.3) is 49.2 Å². The van der Waals surface area contributed by atoms with E-state index in [2.05, 4.69) is 41.9 Å². The molecule has 0 spiro atoms. The second-order valence-electron chi connectivity index (χ2n) is 15.9. The zero-order valence-electron chi connectivity index (χ0n) is 34.1. The molecule has 8 aromatic rings. The maximum Gasteiger partial charge on any atom is 0.262 e. The zero-order valence-corrected chi connectivity index (χ0v) is 34.1. The number of ketones is 2. The average Bonchev–Trinajstić information content (AvgIpc) is 4.16. The minimum atomic E-state index is -1.07. The fourth-order valence-electron chi connectivity index (χ4n) is 9.92. The van der Waals surface area contributed by atoms with Gasteiger partial charge in [-0.2, -0.15) is 0 Å². The third kappa shape index (κ3) is 5.96. The number of carbonyl (C=O) groups is 6. The molecule has 4 N–H and O–H groups in total. The van der Waals surface area contributed by atoms with Crippen molar-refractivity contribution in [2.24, 2.45) is 5.92 Å². The van der Waals surface area contributed by atoms with Gasteiger partial charge in [-0.05, 0) is 54.5 Å². The summed E-state index contributed by atoms with van der Waals surface area (Å²) in [7, 11) is 0. The lowest BCUT2D eigenvalue weighted by Crippen LogP contribution is -2.27. The van der Waals surface area contributed by atoms with Gasteiger partial charge in [0.25, 0.3) is 11.8 Å². The number of aromatic nitrogens is 4. The van der Waals surface area contributed by atoms with Crippen LogP contribution in [-0.4, -0.2) is 54.3 Å². The van der Waals surface area contributed by atoms with Gasteiger partial charge in [-0.1, -0.05) is 86.6 Å². The number of hydrogen-bond acceptors (Lipinski definition) is 6. The fraction of sp³-hybridized carbons (Fsp3) is 0.200. The van der Waals surface area contributed by atoms with Crippen LogP contribution in [-0.2, 0) is 45.1 Å². The van der Waals surface area contributed by atoms with Crippen molar-refractivity contribution in [1.82, 2.24) is 29.7 Å². The second kappa shape index (κ2) is 15.1. The normalized spacial score (nSPS) is 17.9. The molecule has 0 bridgehead atoms. The van der Waals surface area contributed by atoms with Crippen molar-refractivity contribution in [3.8, 4) is 0 Å². The van der Waals surface area contributed by atoms with Crippen molar-refractivity contribution in [3.63, 3.8) is 0 Å². The summed E-state index contributed by atoms with van der Waals surface area (Å²) in [6.07, 6.45) is 11.1. The molecule has 308 valence electrons. The van der Waals surface area contributed by atoms with Crippen LogP contribution in [0.15, 0.2) is 115 Å². The number of benzene rings is 4. The van der Waals surface area contributed by atoms with Crippen molar-refractivity contribution in [1.29, 1.82) is 0 Å². The monoisotopic (exact) mass is 822 g/mol. The molecule has 0 unspecified atom stereocenters. The highest BCUT2D eigenvalue weighted by molar-refractivity contribution is 6.48. The summed E-state index contributed by atoms with van der Waals surface area (Å²) in [5.74, 6) is -4.74. The molecule has 12 rings (SSSR count). The number of aryl methyl sites for hydroxylation is 4. The number of nitrogens with zero attached hydrogens (tertiary/aromatic N) is 2. The van der Waals surface area contributed by atoms with Crippen LogP contribution in [0.2, 0.25) is 0 Å². The molecule has 4 aliphatic heterocycles. The number of aromatic amines is 2. The molecule has 4 amide bonds. The molecule has 0 radical (unpaired) electrons. The lowest BCUT2D eigenvalue weighted by atomic mass is 9.82. The summed E-state index contributed by atoms with van der Waals surface area (Å²) in [5, 5.41) is 8.06. The van der Waals surface area contributed by atoms with Gasteiger partial charge in [0.15, 0.2) is 5.78 Å². The van der Waals surface area contributed by atoms with Gasteiger partial charge in [-0.15, -0.1) is 0 Å². The topological polar surface area (TPSA) is 168 Å². The SMILES string of the molecule is CC.O=C1NC(=O)C(c2c[nH]c3ccccc23)=C1C(=O)c1cn2c3c(cccc13)CCC2.O=C1NC(=O)[C@H](c2c[nH]c3ccccc23)[C@@H]1C(=O)c1cn2c3c(cccc13)CCC2. The van der Waals surface area contributed by atoms with E-state index >= 15 is 0 Å². The molecule has 1 saturated heterocycles. The van der Waals surface area contributed by atoms with Crippen LogP contribution in [0.3, 0.4) is 0 Å². The Balaban J connectivity index is 0.000000142. The van der Waals surface area contributed by atoms with Crippen molar-refractivity contribution in [2.45, 2.75) is 58.5 Å². The number of para-hydroxylation sites is 4. The average molecular weight is 823 g/mol. The number of Topliss-reactive ketones (excluding diaryl/α,β-unsaturated/α-hetero) is 2. The Morgan fingerprint density at radius 1 is 0.597 bits per heavy atom. The van der Waals surface area contributed by atoms with E-state index in [1.54, 1.807) is 12.4 Å². The number of H-pyrrole nitrogens is 2.